The number of aryl methyl sites for hydroxylation is 1. The zero-order valence-electron chi connectivity index (χ0n) is 15.4. The van der Waals surface area contributed by atoms with Crippen LogP contribution in [0.15, 0.2) is 36.4 Å². The molecule has 3 aromatic rings. The molecule has 0 saturated carbocycles. The first kappa shape index (κ1) is 19.8. The number of halogens is 2. The van der Waals surface area contributed by atoms with Crippen LogP contribution in [0.4, 0.5) is 10.1 Å². The second-order valence-corrected chi connectivity index (χ2v) is 6.74. The highest BCUT2D eigenvalue weighted by molar-refractivity contribution is 6.31. The fourth-order valence-electron chi connectivity index (χ4n) is 2.66. The van der Waals surface area contributed by atoms with Crippen LogP contribution in [0, 0.1) is 5.82 Å². The normalized spacial score (nSPS) is 12.0. The Morgan fingerprint density at radius 2 is 2.04 bits per heavy atom. The molecule has 1 heterocycles. The molecule has 2 amide bonds. The summed E-state index contributed by atoms with van der Waals surface area (Å²) < 4.78 is 15.0. The van der Waals surface area contributed by atoms with Gasteiger partial charge in [-0.1, -0.05) is 23.7 Å². The van der Waals surface area contributed by atoms with E-state index >= 15 is 0 Å². The van der Waals surface area contributed by atoms with Crippen LogP contribution >= 0.6 is 11.6 Å². The Hall–Kier alpha value is -3.00. The quantitative estimate of drug-likeness (QED) is 0.660. The molecule has 0 spiro atoms. The van der Waals surface area contributed by atoms with Crippen molar-refractivity contribution in [3.8, 4) is 0 Å². The van der Waals surface area contributed by atoms with Crippen molar-refractivity contribution in [2.45, 2.75) is 32.9 Å². The lowest BCUT2D eigenvalue weighted by atomic mass is 10.1. The smallest absolute Gasteiger partial charge is 0.251 e. The molecule has 0 saturated heterocycles. The number of nitrogens with one attached hydrogen (secondary N) is 2. The summed E-state index contributed by atoms with van der Waals surface area (Å²) >= 11 is 5.70. The average molecular weight is 404 g/mol. The number of nitrogens with zero attached hydrogens (tertiary/aromatic N) is 3. The summed E-state index contributed by atoms with van der Waals surface area (Å²) in [5.74, 6) is -1.44. The molecular weight excluding hydrogens is 385 g/mol. The molecule has 0 fully saturated rings. The van der Waals surface area contributed by atoms with Crippen LogP contribution in [0.3, 0.4) is 0 Å². The van der Waals surface area contributed by atoms with Gasteiger partial charge in [0, 0.05) is 17.8 Å². The molecule has 0 aliphatic heterocycles. The van der Waals surface area contributed by atoms with Crippen LogP contribution in [0.5, 0.6) is 0 Å². The minimum atomic E-state index is -0.817. The molecule has 0 aliphatic rings. The van der Waals surface area contributed by atoms with Gasteiger partial charge in [-0.15, -0.1) is 5.10 Å². The van der Waals surface area contributed by atoms with E-state index in [9.17, 15) is 14.0 Å². The van der Waals surface area contributed by atoms with Gasteiger partial charge in [-0.25, -0.2) is 9.07 Å². The van der Waals surface area contributed by atoms with Gasteiger partial charge in [0.05, 0.1) is 10.5 Å². The van der Waals surface area contributed by atoms with Crippen LogP contribution in [0.25, 0.3) is 11.0 Å². The summed E-state index contributed by atoms with van der Waals surface area (Å²) in [6.07, 6.45) is 0.923. The van der Waals surface area contributed by atoms with E-state index in [1.165, 1.54) is 12.1 Å². The van der Waals surface area contributed by atoms with E-state index < -0.39 is 23.7 Å². The first-order valence-corrected chi connectivity index (χ1v) is 9.17. The second kappa shape index (κ2) is 8.35. The van der Waals surface area contributed by atoms with Crippen molar-refractivity contribution in [2.75, 3.05) is 5.32 Å². The van der Waals surface area contributed by atoms with Crippen molar-refractivity contribution in [2.24, 2.45) is 0 Å². The Kier molecular flexibility index (Phi) is 5.89. The van der Waals surface area contributed by atoms with Crippen molar-refractivity contribution >= 4 is 40.1 Å². The van der Waals surface area contributed by atoms with Crippen LogP contribution < -0.4 is 10.6 Å². The topological polar surface area (TPSA) is 88.9 Å². The SMILES string of the molecule is CCCn1nnc2cc(C(=O)N[C@H](C)C(=O)Nc3ccc(F)c(Cl)c3)ccc21. The molecule has 9 heteroatoms. The van der Waals surface area contributed by atoms with Gasteiger partial charge in [-0.05, 0) is 49.7 Å². The molecule has 0 aliphatic carbocycles. The largest absolute Gasteiger partial charge is 0.341 e. The summed E-state index contributed by atoms with van der Waals surface area (Å²) in [4.78, 5) is 24.7. The monoisotopic (exact) mass is 403 g/mol. The van der Waals surface area contributed by atoms with Gasteiger partial charge in [0.1, 0.15) is 17.4 Å². The minimum Gasteiger partial charge on any atom is -0.341 e. The highest BCUT2D eigenvalue weighted by Gasteiger charge is 2.18. The van der Waals surface area contributed by atoms with E-state index in [-0.39, 0.29) is 5.02 Å². The van der Waals surface area contributed by atoms with Crippen LogP contribution in [-0.4, -0.2) is 32.9 Å². The van der Waals surface area contributed by atoms with Crippen LogP contribution in [-0.2, 0) is 11.3 Å². The van der Waals surface area contributed by atoms with Gasteiger partial charge < -0.3 is 10.6 Å². The van der Waals surface area contributed by atoms with Gasteiger partial charge in [0.2, 0.25) is 5.91 Å². The fraction of sp³-hybridized carbons (Fsp3) is 0.263. The summed E-state index contributed by atoms with van der Waals surface area (Å²) in [6, 6.07) is 8.11. The van der Waals surface area contributed by atoms with Crippen molar-refractivity contribution in [3.63, 3.8) is 0 Å². The summed E-state index contributed by atoms with van der Waals surface area (Å²) in [7, 11) is 0. The molecular formula is C19H19ClFN5O2. The maximum Gasteiger partial charge on any atom is 0.251 e. The Balaban J connectivity index is 1.66. The van der Waals surface area contributed by atoms with E-state index in [4.69, 9.17) is 11.6 Å². The number of hydrogen-bond acceptors (Lipinski definition) is 4. The highest BCUT2D eigenvalue weighted by Crippen LogP contribution is 2.19. The van der Waals surface area contributed by atoms with E-state index in [1.807, 2.05) is 6.92 Å². The minimum absolute atomic E-state index is 0.0982. The van der Waals surface area contributed by atoms with E-state index in [0.717, 1.165) is 24.5 Å². The maximum absolute atomic E-state index is 13.2. The average Bonchev–Trinajstić information content (AvgIpc) is 3.07. The second-order valence-electron chi connectivity index (χ2n) is 6.33. The Morgan fingerprint density at radius 1 is 1.25 bits per heavy atom. The van der Waals surface area contributed by atoms with Crippen LogP contribution in [0.1, 0.15) is 30.6 Å². The van der Waals surface area contributed by atoms with Crippen molar-refractivity contribution in [3.05, 3.63) is 52.8 Å². The maximum atomic E-state index is 13.2. The Bertz CT molecular complexity index is 1040. The van der Waals surface area contributed by atoms with Gasteiger partial charge in [-0.3, -0.25) is 9.59 Å². The zero-order chi connectivity index (χ0) is 20.3. The number of fused-ring (bicyclic) bond motifs is 1. The predicted octanol–water partition coefficient (Wildman–Crippen LogP) is 3.39. The molecule has 1 aromatic heterocycles. The van der Waals surface area contributed by atoms with Crippen LogP contribution in [0.2, 0.25) is 5.02 Å². The molecule has 2 aromatic carbocycles. The number of benzene rings is 2. The number of aromatic nitrogens is 3. The van der Waals surface area contributed by atoms with Crippen molar-refractivity contribution in [1.29, 1.82) is 0 Å². The molecule has 1 atom stereocenters. The number of carbonyl (C=O) groups is 2. The molecule has 0 bridgehead atoms. The number of amides is 2. The lowest BCUT2D eigenvalue weighted by Gasteiger charge is -2.14. The lowest BCUT2D eigenvalue weighted by Crippen LogP contribution is -2.41. The number of anilines is 1. The Morgan fingerprint density at radius 3 is 2.75 bits per heavy atom. The third-order valence-corrected chi connectivity index (χ3v) is 4.43. The van der Waals surface area contributed by atoms with Gasteiger partial charge in [0.25, 0.3) is 5.91 Å². The highest BCUT2D eigenvalue weighted by atomic mass is 35.5. The Labute approximate surface area is 165 Å². The lowest BCUT2D eigenvalue weighted by molar-refractivity contribution is -0.117. The van der Waals surface area contributed by atoms with Crippen molar-refractivity contribution < 1.29 is 14.0 Å². The zero-order valence-corrected chi connectivity index (χ0v) is 16.1. The molecule has 0 radical (unpaired) electrons. The predicted molar refractivity (Wildman–Crippen MR) is 105 cm³/mol. The standard InChI is InChI=1S/C19H19ClFN5O2/c1-3-8-26-17-7-4-12(9-16(17)24-25-26)19(28)22-11(2)18(27)23-13-5-6-15(21)14(20)10-13/h4-7,9-11H,3,8H2,1-2H3,(H,22,28)(H,23,27)/t11-/m1/s1. The first-order valence-electron chi connectivity index (χ1n) is 8.79. The van der Waals surface area contributed by atoms with E-state index in [0.29, 0.717) is 16.8 Å². The molecule has 28 heavy (non-hydrogen) atoms. The molecule has 146 valence electrons. The molecule has 2 N–H and O–H groups in total. The number of carbonyl (C=O) groups excluding carboxylic acids is 2. The third kappa shape index (κ3) is 4.28. The summed E-state index contributed by atoms with van der Waals surface area (Å²) in [5, 5.41) is 13.3. The number of rotatable bonds is 6. The van der Waals surface area contributed by atoms with Crippen molar-refractivity contribution in [1.82, 2.24) is 20.3 Å². The fourth-order valence-corrected chi connectivity index (χ4v) is 2.84. The van der Waals surface area contributed by atoms with E-state index in [2.05, 4.69) is 20.9 Å². The molecule has 7 nitrogen and oxygen atoms in total. The number of hydrogen-bond donors (Lipinski definition) is 2. The molecule has 3 rings (SSSR count). The summed E-state index contributed by atoms with van der Waals surface area (Å²) in [6.45, 7) is 4.34. The third-order valence-electron chi connectivity index (χ3n) is 4.14. The van der Waals surface area contributed by atoms with Gasteiger partial charge in [-0.2, -0.15) is 0 Å². The van der Waals surface area contributed by atoms with Gasteiger partial charge in [0.15, 0.2) is 0 Å². The summed E-state index contributed by atoms with van der Waals surface area (Å²) in [5.41, 5.74) is 2.17. The first-order chi connectivity index (χ1) is 13.4. The van der Waals surface area contributed by atoms with Gasteiger partial charge >= 0.3 is 0 Å². The molecule has 0 unspecified atom stereocenters. The van der Waals surface area contributed by atoms with E-state index in [1.54, 1.807) is 29.8 Å².